The molecule has 0 spiro atoms. The van der Waals surface area contributed by atoms with Gasteiger partial charge in [-0.05, 0) is 43.3 Å². The topological polar surface area (TPSA) is 54.1 Å². The Labute approximate surface area is 141 Å². The molecule has 2 aromatic carbocycles. The van der Waals surface area contributed by atoms with E-state index in [1.165, 1.54) is 18.2 Å². The van der Waals surface area contributed by atoms with E-state index in [9.17, 15) is 18.0 Å². The summed E-state index contributed by atoms with van der Waals surface area (Å²) in [6, 6.07) is 12.0. The number of alkyl halides is 3. The highest BCUT2D eigenvalue weighted by Crippen LogP contribution is 2.35. The van der Waals surface area contributed by atoms with Crippen LogP contribution >= 0.6 is 0 Å². The van der Waals surface area contributed by atoms with E-state index in [4.69, 9.17) is 4.74 Å². The van der Waals surface area contributed by atoms with Crippen molar-refractivity contribution in [1.82, 2.24) is 4.98 Å². The second-order valence-corrected chi connectivity index (χ2v) is 5.59. The standard InChI is InChI=1S/C18H15F3N2O2/c1-11-8-12-9-13(6-7-15(12)22-11)23-17(24)10-25-16-5-3-2-4-14(16)18(19,20)21/h2-9,22H,10H2,1H3,(H,23,24). The molecule has 0 atom stereocenters. The number of hydrogen-bond acceptors (Lipinski definition) is 2. The van der Waals surface area contributed by atoms with Crippen molar-refractivity contribution in [2.75, 3.05) is 11.9 Å². The van der Waals surface area contributed by atoms with Gasteiger partial charge in [0.2, 0.25) is 0 Å². The Morgan fingerprint density at radius 2 is 1.92 bits per heavy atom. The quantitative estimate of drug-likeness (QED) is 0.729. The van der Waals surface area contributed by atoms with Gasteiger partial charge >= 0.3 is 6.18 Å². The molecule has 1 amide bonds. The summed E-state index contributed by atoms with van der Waals surface area (Å²) in [5, 5.41) is 3.54. The fraction of sp³-hybridized carbons (Fsp3) is 0.167. The zero-order valence-electron chi connectivity index (χ0n) is 13.3. The van der Waals surface area contributed by atoms with Gasteiger partial charge in [0, 0.05) is 22.3 Å². The number of aromatic nitrogens is 1. The number of aromatic amines is 1. The smallest absolute Gasteiger partial charge is 0.419 e. The molecular weight excluding hydrogens is 333 g/mol. The number of rotatable bonds is 4. The van der Waals surface area contributed by atoms with E-state index in [-0.39, 0.29) is 5.75 Å². The number of H-pyrrole nitrogens is 1. The zero-order chi connectivity index (χ0) is 18.0. The first kappa shape index (κ1) is 16.9. The Morgan fingerprint density at radius 3 is 2.68 bits per heavy atom. The van der Waals surface area contributed by atoms with Crippen molar-refractivity contribution in [2.24, 2.45) is 0 Å². The molecule has 0 bridgehead atoms. The largest absolute Gasteiger partial charge is 0.483 e. The molecule has 0 saturated heterocycles. The van der Waals surface area contributed by atoms with Gasteiger partial charge in [-0.15, -0.1) is 0 Å². The second kappa shape index (κ2) is 6.51. The van der Waals surface area contributed by atoms with Crippen LogP contribution in [0.5, 0.6) is 5.75 Å². The van der Waals surface area contributed by atoms with E-state index >= 15 is 0 Å². The summed E-state index contributed by atoms with van der Waals surface area (Å²) in [4.78, 5) is 15.1. The number of ether oxygens (including phenoxy) is 1. The number of benzene rings is 2. The van der Waals surface area contributed by atoms with Crippen molar-refractivity contribution in [3.05, 3.63) is 59.8 Å². The highest BCUT2D eigenvalue weighted by Gasteiger charge is 2.34. The van der Waals surface area contributed by atoms with E-state index < -0.39 is 24.3 Å². The molecule has 3 rings (SSSR count). The normalized spacial score (nSPS) is 11.5. The monoisotopic (exact) mass is 348 g/mol. The van der Waals surface area contributed by atoms with E-state index in [0.717, 1.165) is 22.7 Å². The molecule has 0 aliphatic rings. The number of carbonyl (C=O) groups excluding carboxylic acids is 1. The van der Waals surface area contributed by atoms with Crippen molar-refractivity contribution >= 4 is 22.5 Å². The predicted octanol–water partition coefficient (Wildman–Crippen LogP) is 4.51. The third-order valence-electron chi connectivity index (χ3n) is 3.59. The van der Waals surface area contributed by atoms with E-state index in [0.29, 0.717) is 5.69 Å². The van der Waals surface area contributed by atoms with Crippen LogP contribution in [-0.2, 0) is 11.0 Å². The van der Waals surface area contributed by atoms with Gasteiger partial charge in [0.05, 0.1) is 5.56 Å². The molecule has 0 unspecified atom stereocenters. The van der Waals surface area contributed by atoms with Gasteiger partial charge in [0.25, 0.3) is 5.91 Å². The first-order chi connectivity index (χ1) is 11.8. The Balaban J connectivity index is 1.67. The maximum atomic E-state index is 12.9. The lowest BCUT2D eigenvalue weighted by Gasteiger charge is -2.13. The van der Waals surface area contributed by atoms with E-state index in [1.54, 1.807) is 12.1 Å². The number of aryl methyl sites for hydroxylation is 1. The van der Waals surface area contributed by atoms with Gasteiger partial charge in [0.15, 0.2) is 6.61 Å². The van der Waals surface area contributed by atoms with Crippen LogP contribution in [0.3, 0.4) is 0 Å². The number of para-hydroxylation sites is 1. The Kier molecular flexibility index (Phi) is 4.39. The molecule has 0 radical (unpaired) electrons. The summed E-state index contributed by atoms with van der Waals surface area (Å²) in [5.41, 5.74) is 1.56. The lowest BCUT2D eigenvalue weighted by atomic mass is 10.2. The first-order valence-corrected chi connectivity index (χ1v) is 7.51. The number of hydrogen-bond donors (Lipinski definition) is 2. The SMILES string of the molecule is Cc1cc2cc(NC(=O)COc3ccccc3C(F)(F)F)ccc2[nH]1. The van der Waals surface area contributed by atoms with Gasteiger partial charge in [-0.1, -0.05) is 12.1 Å². The van der Waals surface area contributed by atoms with Crippen molar-refractivity contribution in [3.63, 3.8) is 0 Å². The third-order valence-corrected chi connectivity index (χ3v) is 3.59. The minimum atomic E-state index is -4.54. The molecule has 2 N–H and O–H groups in total. The first-order valence-electron chi connectivity index (χ1n) is 7.51. The van der Waals surface area contributed by atoms with Crippen LogP contribution in [0.25, 0.3) is 10.9 Å². The average molecular weight is 348 g/mol. The van der Waals surface area contributed by atoms with Crippen molar-refractivity contribution in [1.29, 1.82) is 0 Å². The lowest BCUT2D eigenvalue weighted by molar-refractivity contribution is -0.139. The Hall–Kier alpha value is -2.96. The van der Waals surface area contributed by atoms with Gasteiger partial charge < -0.3 is 15.0 Å². The summed E-state index contributed by atoms with van der Waals surface area (Å²) in [6.45, 7) is 1.40. The number of halogens is 3. The summed E-state index contributed by atoms with van der Waals surface area (Å²) >= 11 is 0. The van der Waals surface area contributed by atoms with Crippen molar-refractivity contribution < 1.29 is 22.7 Å². The third kappa shape index (κ3) is 3.93. The number of anilines is 1. The predicted molar refractivity (Wildman–Crippen MR) is 88.6 cm³/mol. The minimum Gasteiger partial charge on any atom is -0.483 e. The second-order valence-electron chi connectivity index (χ2n) is 5.59. The molecule has 1 heterocycles. The summed E-state index contributed by atoms with van der Waals surface area (Å²) in [7, 11) is 0. The van der Waals surface area contributed by atoms with Gasteiger partial charge in [-0.25, -0.2) is 0 Å². The van der Waals surface area contributed by atoms with Crippen LogP contribution in [0, 0.1) is 6.92 Å². The van der Waals surface area contributed by atoms with Crippen molar-refractivity contribution in [2.45, 2.75) is 13.1 Å². The molecule has 4 nitrogen and oxygen atoms in total. The minimum absolute atomic E-state index is 0.373. The highest BCUT2D eigenvalue weighted by molar-refractivity contribution is 5.94. The molecule has 3 aromatic rings. The summed E-state index contributed by atoms with van der Waals surface area (Å²) in [5.74, 6) is -0.912. The molecule has 0 saturated carbocycles. The van der Waals surface area contributed by atoms with Crippen molar-refractivity contribution in [3.8, 4) is 5.75 Å². The Bertz CT molecular complexity index is 916. The van der Waals surface area contributed by atoms with Crippen LogP contribution in [0.4, 0.5) is 18.9 Å². The molecule has 25 heavy (non-hydrogen) atoms. The fourth-order valence-electron chi connectivity index (χ4n) is 2.52. The van der Waals surface area contributed by atoms with Gasteiger partial charge in [-0.3, -0.25) is 4.79 Å². The van der Waals surface area contributed by atoms with E-state index in [2.05, 4.69) is 10.3 Å². The van der Waals surface area contributed by atoms with Crippen LogP contribution in [0.15, 0.2) is 48.5 Å². The highest BCUT2D eigenvalue weighted by atomic mass is 19.4. The maximum Gasteiger partial charge on any atom is 0.419 e. The van der Waals surface area contributed by atoms with Crippen LogP contribution in [-0.4, -0.2) is 17.5 Å². The average Bonchev–Trinajstić information content (AvgIpc) is 2.91. The van der Waals surface area contributed by atoms with Crippen LogP contribution in [0.2, 0.25) is 0 Å². The molecule has 1 aromatic heterocycles. The molecule has 0 aliphatic carbocycles. The van der Waals surface area contributed by atoms with Crippen LogP contribution < -0.4 is 10.1 Å². The molecule has 0 aliphatic heterocycles. The summed E-state index contributed by atoms with van der Waals surface area (Å²) in [6.07, 6.45) is -4.54. The molecular formula is C18H15F3N2O2. The number of fused-ring (bicyclic) bond motifs is 1. The van der Waals surface area contributed by atoms with Crippen LogP contribution in [0.1, 0.15) is 11.3 Å². The maximum absolute atomic E-state index is 12.9. The Morgan fingerprint density at radius 1 is 1.16 bits per heavy atom. The molecule has 7 heteroatoms. The summed E-state index contributed by atoms with van der Waals surface area (Å²) < 4.78 is 43.7. The van der Waals surface area contributed by atoms with E-state index in [1.807, 2.05) is 19.1 Å². The number of carbonyl (C=O) groups is 1. The molecule has 130 valence electrons. The molecule has 0 fully saturated rings. The van der Waals surface area contributed by atoms with Gasteiger partial charge in [0.1, 0.15) is 5.75 Å². The fourth-order valence-corrected chi connectivity index (χ4v) is 2.52. The lowest BCUT2D eigenvalue weighted by Crippen LogP contribution is -2.21. The number of amides is 1. The van der Waals surface area contributed by atoms with Gasteiger partial charge in [-0.2, -0.15) is 13.2 Å². The zero-order valence-corrected chi connectivity index (χ0v) is 13.3. The number of nitrogens with one attached hydrogen (secondary N) is 2.